The molecule has 0 aliphatic carbocycles. The average Bonchev–Trinajstić information content (AvgIpc) is 2.02. The molecule has 1 aromatic carbocycles. The minimum absolute atomic E-state index is 0.242. The maximum absolute atomic E-state index is 11.6. The normalized spacial score (nSPS) is 10.2. The van der Waals surface area contributed by atoms with Gasteiger partial charge < -0.3 is 0 Å². The molecular weight excluding hydrogens is 275 g/mol. The van der Waals surface area contributed by atoms with Crippen molar-refractivity contribution in [3.63, 3.8) is 0 Å². The van der Waals surface area contributed by atoms with Crippen LogP contribution >= 0.6 is 22.6 Å². The second-order valence-corrected chi connectivity index (χ2v) is 4.44. The molecule has 1 rings (SSSR count). The first-order valence-corrected chi connectivity index (χ1v) is 5.44. The smallest absolute Gasteiger partial charge is 0.163 e. The largest absolute Gasteiger partial charge is 0.294 e. The molecule has 1 nitrogen and oxygen atoms in total. The van der Waals surface area contributed by atoms with Gasteiger partial charge in [-0.25, -0.2) is 0 Å². The number of halogens is 1. The van der Waals surface area contributed by atoms with Crippen LogP contribution in [0.5, 0.6) is 0 Å². The molecule has 0 saturated heterocycles. The van der Waals surface area contributed by atoms with E-state index in [1.54, 1.807) is 0 Å². The minimum atomic E-state index is 0.242. The highest BCUT2D eigenvalue weighted by Gasteiger charge is 2.10. The van der Waals surface area contributed by atoms with Crippen LogP contribution in [0.25, 0.3) is 0 Å². The van der Waals surface area contributed by atoms with Crippen LogP contribution in [0.3, 0.4) is 0 Å². The number of carbonyl (C=O) groups is 1. The third-order valence-corrected chi connectivity index (χ3v) is 2.72. The predicted octanol–water partition coefficient (Wildman–Crippen LogP) is 3.50. The standard InChI is InChI=1S/C11H13IO/c1-4-10(13)11-7(2)5-9(12)6-8(11)3/h5-6H,4H2,1-3H3. The summed E-state index contributed by atoms with van der Waals surface area (Å²) in [6, 6.07) is 4.10. The summed E-state index contributed by atoms with van der Waals surface area (Å²) in [5, 5.41) is 0. The number of hydrogen-bond acceptors (Lipinski definition) is 1. The first-order chi connectivity index (χ1) is 6.06. The van der Waals surface area contributed by atoms with Gasteiger partial charge in [-0.1, -0.05) is 6.92 Å². The summed E-state index contributed by atoms with van der Waals surface area (Å²) in [7, 11) is 0. The lowest BCUT2D eigenvalue weighted by Gasteiger charge is -2.07. The van der Waals surface area contributed by atoms with Gasteiger partial charge >= 0.3 is 0 Å². The van der Waals surface area contributed by atoms with Gasteiger partial charge in [-0.15, -0.1) is 0 Å². The number of rotatable bonds is 2. The maximum atomic E-state index is 11.6. The molecule has 13 heavy (non-hydrogen) atoms. The minimum Gasteiger partial charge on any atom is -0.294 e. The van der Waals surface area contributed by atoms with Crippen LogP contribution in [0.2, 0.25) is 0 Å². The molecule has 1 aromatic rings. The molecule has 0 heterocycles. The molecular formula is C11H13IO. The van der Waals surface area contributed by atoms with E-state index in [4.69, 9.17) is 0 Å². The Kier molecular flexibility index (Phi) is 3.47. The molecule has 0 aliphatic rings. The van der Waals surface area contributed by atoms with Gasteiger partial charge in [0.1, 0.15) is 0 Å². The van der Waals surface area contributed by atoms with Gasteiger partial charge in [-0.05, 0) is 59.7 Å². The van der Waals surface area contributed by atoms with E-state index in [9.17, 15) is 4.79 Å². The molecule has 0 bridgehead atoms. The number of benzene rings is 1. The summed E-state index contributed by atoms with van der Waals surface area (Å²) >= 11 is 2.27. The third-order valence-electron chi connectivity index (χ3n) is 2.10. The average molecular weight is 288 g/mol. The zero-order valence-electron chi connectivity index (χ0n) is 8.15. The van der Waals surface area contributed by atoms with Crippen LogP contribution in [0.15, 0.2) is 12.1 Å². The zero-order valence-corrected chi connectivity index (χ0v) is 10.3. The Morgan fingerprint density at radius 1 is 1.31 bits per heavy atom. The quantitative estimate of drug-likeness (QED) is 0.601. The van der Waals surface area contributed by atoms with Crippen LogP contribution in [0, 0.1) is 17.4 Å². The van der Waals surface area contributed by atoms with Crippen molar-refractivity contribution in [2.24, 2.45) is 0 Å². The molecule has 0 atom stereocenters. The zero-order chi connectivity index (χ0) is 10.0. The molecule has 0 saturated carbocycles. The van der Waals surface area contributed by atoms with Crippen molar-refractivity contribution >= 4 is 28.4 Å². The molecule has 0 aromatic heterocycles. The fourth-order valence-corrected chi connectivity index (χ4v) is 2.46. The summed E-state index contributed by atoms with van der Waals surface area (Å²) in [5.41, 5.74) is 3.09. The fraction of sp³-hybridized carbons (Fsp3) is 0.364. The summed E-state index contributed by atoms with van der Waals surface area (Å²) in [4.78, 5) is 11.6. The third kappa shape index (κ3) is 2.30. The highest BCUT2D eigenvalue weighted by molar-refractivity contribution is 14.1. The molecule has 0 aliphatic heterocycles. The summed E-state index contributed by atoms with van der Waals surface area (Å²) in [5.74, 6) is 0.242. The van der Waals surface area contributed by atoms with E-state index in [1.807, 2.05) is 20.8 Å². The summed E-state index contributed by atoms with van der Waals surface area (Å²) in [6.07, 6.45) is 0.586. The number of ketones is 1. The lowest BCUT2D eigenvalue weighted by Crippen LogP contribution is -2.03. The van der Waals surface area contributed by atoms with E-state index in [1.165, 1.54) is 3.57 Å². The molecule has 0 unspecified atom stereocenters. The lowest BCUT2D eigenvalue weighted by atomic mass is 9.98. The predicted molar refractivity (Wildman–Crippen MR) is 63.3 cm³/mol. The van der Waals surface area contributed by atoms with Crippen LogP contribution in [-0.4, -0.2) is 5.78 Å². The monoisotopic (exact) mass is 288 g/mol. The Hall–Kier alpha value is -0.380. The first kappa shape index (κ1) is 10.7. The van der Waals surface area contributed by atoms with Crippen molar-refractivity contribution < 1.29 is 4.79 Å². The molecule has 0 fully saturated rings. The van der Waals surface area contributed by atoms with Crippen molar-refractivity contribution in [2.75, 3.05) is 0 Å². The second kappa shape index (κ2) is 4.22. The second-order valence-electron chi connectivity index (χ2n) is 3.19. The van der Waals surface area contributed by atoms with Gasteiger partial charge in [0.2, 0.25) is 0 Å². The number of aryl methyl sites for hydroxylation is 2. The Balaban J connectivity index is 3.28. The van der Waals surface area contributed by atoms with Crippen molar-refractivity contribution in [1.29, 1.82) is 0 Å². The Morgan fingerprint density at radius 2 is 1.77 bits per heavy atom. The van der Waals surface area contributed by atoms with Gasteiger partial charge in [-0.2, -0.15) is 0 Å². The number of hydrogen-bond donors (Lipinski definition) is 0. The number of carbonyl (C=O) groups excluding carboxylic acids is 1. The topological polar surface area (TPSA) is 17.1 Å². The molecule has 70 valence electrons. The van der Waals surface area contributed by atoms with Crippen LogP contribution < -0.4 is 0 Å². The first-order valence-electron chi connectivity index (χ1n) is 4.36. The van der Waals surface area contributed by atoms with Crippen LogP contribution in [-0.2, 0) is 0 Å². The van der Waals surface area contributed by atoms with Crippen molar-refractivity contribution in [1.82, 2.24) is 0 Å². The fourth-order valence-electron chi connectivity index (χ4n) is 1.53. The van der Waals surface area contributed by atoms with Crippen LogP contribution in [0.1, 0.15) is 34.8 Å². The molecule has 0 radical (unpaired) electrons. The molecule has 0 spiro atoms. The van der Waals surface area contributed by atoms with E-state index < -0.39 is 0 Å². The number of Topliss-reactive ketones (excluding diaryl/α,β-unsaturated/α-hetero) is 1. The van der Waals surface area contributed by atoms with E-state index in [0.717, 1.165) is 16.7 Å². The van der Waals surface area contributed by atoms with Crippen molar-refractivity contribution in [3.05, 3.63) is 32.4 Å². The van der Waals surface area contributed by atoms with E-state index >= 15 is 0 Å². The summed E-state index contributed by atoms with van der Waals surface area (Å²) < 4.78 is 1.19. The maximum Gasteiger partial charge on any atom is 0.163 e. The summed E-state index contributed by atoms with van der Waals surface area (Å²) in [6.45, 7) is 5.90. The Labute approximate surface area is 92.7 Å². The van der Waals surface area contributed by atoms with Gasteiger partial charge in [0.05, 0.1) is 0 Å². The Bertz CT molecular complexity index is 319. The van der Waals surface area contributed by atoms with E-state index in [-0.39, 0.29) is 5.78 Å². The highest BCUT2D eigenvalue weighted by Crippen LogP contribution is 2.19. The van der Waals surface area contributed by atoms with Crippen molar-refractivity contribution in [2.45, 2.75) is 27.2 Å². The van der Waals surface area contributed by atoms with E-state index in [2.05, 4.69) is 34.7 Å². The SMILES string of the molecule is CCC(=O)c1c(C)cc(I)cc1C. The van der Waals surface area contributed by atoms with E-state index in [0.29, 0.717) is 6.42 Å². The van der Waals surface area contributed by atoms with Gasteiger partial charge in [0, 0.05) is 15.6 Å². The molecule has 0 amide bonds. The van der Waals surface area contributed by atoms with Gasteiger partial charge in [0.15, 0.2) is 5.78 Å². The highest BCUT2D eigenvalue weighted by atomic mass is 127. The Morgan fingerprint density at radius 3 is 2.15 bits per heavy atom. The van der Waals surface area contributed by atoms with Gasteiger partial charge in [-0.3, -0.25) is 4.79 Å². The molecule has 2 heteroatoms. The molecule has 0 N–H and O–H groups in total. The van der Waals surface area contributed by atoms with Gasteiger partial charge in [0.25, 0.3) is 0 Å². The van der Waals surface area contributed by atoms with Crippen LogP contribution in [0.4, 0.5) is 0 Å². The lowest BCUT2D eigenvalue weighted by molar-refractivity contribution is 0.0987. The van der Waals surface area contributed by atoms with Crippen molar-refractivity contribution in [3.8, 4) is 0 Å².